The van der Waals surface area contributed by atoms with Crippen molar-refractivity contribution in [3.05, 3.63) is 12.2 Å². The van der Waals surface area contributed by atoms with E-state index in [9.17, 15) is 0 Å². The molecule has 0 radical (unpaired) electrons. The Morgan fingerprint density at radius 3 is 2.87 bits per heavy atom. The average molecular weight is 230 g/mol. The monoisotopic (exact) mass is 229 g/mol. The van der Waals surface area contributed by atoms with E-state index in [2.05, 4.69) is 10.1 Å². The summed E-state index contributed by atoms with van der Waals surface area (Å²) in [5, 5.41) is 4.08. The fraction of sp³-hybridized carbons (Fsp3) is 0.800. The molecule has 0 aliphatic carbocycles. The lowest BCUT2D eigenvalue weighted by atomic mass is 9.94. The molecule has 2 rings (SSSR count). The number of alkyl halides is 1. The normalized spacial score (nSPS) is 29.6. The lowest BCUT2D eigenvalue weighted by Gasteiger charge is -2.22. The van der Waals surface area contributed by atoms with E-state index in [1.807, 2.05) is 20.9 Å². The van der Waals surface area contributed by atoms with Crippen LogP contribution in [0.4, 0.5) is 0 Å². The molecule has 1 aliphatic heterocycles. The van der Waals surface area contributed by atoms with Crippen LogP contribution in [-0.4, -0.2) is 32.3 Å². The van der Waals surface area contributed by atoms with Crippen molar-refractivity contribution in [3.8, 4) is 0 Å². The highest BCUT2D eigenvalue weighted by atomic mass is 35.5. The van der Waals surface area contributed by atoms with Crippen molar-refractivity contribution in [1.29, 1.82) is 0 Å². The first kappa shape index (κ1) is 10.9. The van der Waals surface area contributed by atoms with Gasteiger partial charge in [-0.3, -0.25) is 4.68 Å². The van der Waals surface area contributed by atoms with Gasteiger partial charge in [0.25, 0.3) is 0 Å². The van der Waals surface area contributed by atoms with E-state index in [1.54, 1.807) is 11.0 Å². The molecule has 1 saturated heterocycles. The van der Waals surface area contributed by atoms with Gasteiger partial charge in [0.05, 0.1) is 17.6 Å². The van der Waals surface area contributed by atoms with Crippen molar-refractivity contribution < 1.29 is 4.74 Å². The highest BCUT2D eigenvalue weighted by Crippen LogP contribution is 2.35. The molecule has 1 aromatic rings. The highest BCUT2D eigenvalue weighted by Gasteiger charge is 2.42. The SMILES string of the molecule is Cn1ncnc1CC1COC(C)(C)C1Cl. The zero-order valence-corrected chi connectivity index (χ0v) is 10.0. The minimum absolute atomic E-state index is 0.0363. The molecule has 0 N–H and O–H groups in total. The fourth-order valence-electron chi connectivity index (χ4n) is 1.96. The number of ether oxygens (including phenoxy) is 1. The molecule has 1 fully saturated rings. The lowest BCUT2D eigenvalue weighted by Crippen LogP contribution is -2.31. The maximum Gasteiger partial charge on any atom is 0.138 e. The third kappa shape index (κ3) is 2.01. The second kappa shape index (κ2) is 3.76. The number of aryl methyl sites for hydroxylation is 1. The molecule has 4 nitrogen and oxygen atoms in total. The van der Waals surface area contributed by atoms with E-state index >= 15 is 0 Å². The number of hydrogen-bond acceptors (Lipinski definition) is 3. The Hall–Kier alpha value is -0.610. The van der Waals surface area contributed by atoms with Gasteiger partial charge in [-0.15, -0.1) is 11.6 Å². The van der Waals surface area contributed by atoms with Crippen LogP contribution in [0.2, 0.25) is 0 Å². The van der Waals surface area contributed by atoms with Gasteiger partial charge in [-0.2, -0.15) is 5.10 Å². The van der Waals surface area contributed by atoms with E-state index in [0.29, 0.717) is 12.5 Å². The fourth-order valence-corrected chi connectivity index (χ4v) is 2.18. The summed E-state index contributed by atoms with van der Waals surface area (Å²) in [6.45, 7) is 4.76. The van der Waals surface area contributed by atoms with Crippen LogP contribution in [0.5, 0.6) is 0 Å². The molecule has 2 atom stereocenters. The zero-order chi connectivity index (χ0) is 11.1. The Morgan fingerprint density at radius 2 is 2.40 bits per heavy atom. The first-order valence-electron chi connectivity index (χ1n) is 5.11. The molecule has 0 aromatic carbocycles. The minimum Gasteiger partial charge on any atom is -0.374 e. The molecular formula is C10H16ClN3O. The summed E-state index contributed by atoms with van der Waals surface area (Å²) in [5.41, 5.74) is -0.231. The third-order valence-corrected chi connectivity index (χ3v) is 3.88. The Morgan fingerprint density at radius 1 is 1.67 bits per heavy atom. The number of halogens is 1. The first-order chi connectivity index (χ1) is 7.00. The van der Waals surface area contributed by atoms with E-state index < -0.39 is 0 Å². The van der Waals surface area contributed by atoms with Crippen LogP contribution in [0, 0.1) is 5.92 Å². The topological polar surface area (TPSA) is 39.9 Å². The van der Waals surface area contributed by atoms with Crippen molar-refractivity contribution in [2.24, 2.45) is 13.0 Å². The molecule has 84 valence electrons. The van der Waals surface area contributed by atoms with Crippen LogP contribution in [0.15, 0.2) is 6.33 Å². The van der Waals surface area contributed by atoms with Gasteiger partial charge in [0, 0.05) is 19.4 Å². The highest BCUT2D eigenvalue weighted by molar-refractivity contribution is 6.21. The maximum atomic E-state index is 6.36. The molecule has 1 aromatic heterocycles. The summed E-state index contributed by atoms with van der Waals surface area (Å²) in [4.78, 5) is 4.20. The molecule has 0 saturated carbocycles. The predicted molar refractivity (Wildman–Crippen MR) is 57.9 cm³/mol. The van der Waals surface area contributed by atoms with Gasteiger partial charge in [-0.25, -0.2) is 4.98 Å². The predicted octanol–water partition coefficient (Wildman–Crippen LogP) is 1.39. The first-order valence-corrected chi connectivity index (χ1v) is 5.55. The van der Waals surface area contributed by atoms with Crippen molar-refractivity contribution in [2.45, 2.75) is 31.2 Å². The quantitative estimate of drug-likeness (QED) is 0.720. The number of aromatic nitrogens is 3. The summed E-state index contributed by atoms with van der Waals surface area (Å²) < 4.78 is 7.45. The molecule has 1 aliphatic rings. The zero-order valence-electron chi connectivity index (χ0n) is 9.27. The van der Waals surface area contributed by atoms with Crippen LogP contribution in [0.3, 0.4) is 0 Å². The molecule has 0 bridgehead atoms. The largest absolute Gasteiger partial charge is 0.374 e. The Balaban J connectivity index is 2.06. The van der Waals surface area contributed by atoms with Crippen molar-refractivity contribution in [2.75, 3.05) is 6.61 Å². The molecule has 5 heteroatoms. The molecule has 0 amide bonds. The van der Waals surface area contributed by atoms with Crippen LogP contribution in [0.25, 0.3) is 0 Å². The molecule has 2 heterocycles. The van der Waals surface area contributed by atoms with E-state index in [1.165, 1.54) is 0 Å². The van der Waals surface area contributed by atoms with Gasteiger partial charge in [0.1, 0.15) is 12.2 Å². The summed E-state index contributed by atoms with van der Waals surface area (Å²) in [5.74, 6) is 1.29. The minimum atomic E-state index is -0.231. The van der Waals surface area contributed by atoms with Gasteiger partial charge in [0.2, 0.25) is 0 Å². The number of hydrogen-bond donors (Lipinski definition) is 0. The summed E-state index contributed by atoms with van der Waals surface area (Å²) in [7, 11) is 1.90. The van der Waals surface area contributed by atoms with Gasteiger partial charge in [0.15, 0.2) is 0 Å². The van der Waals surface area contributed by atoms with Crippen LogP contribution in [-0.2, 0) is 18.2 Å². The third-order valence-electron chi connectivity index (χ3n) is 3.00. The van der Waals surface area contributed by atoms with E-state index in [-0.39, 0.29) is 11.0 Å². The lowest BCUT2D eigenvalue weighted by molar-refractivity contribution is 0.0365. The second-order valence-electron chi connectivity index (χ2n) is 4.58. The van der Waals surface area contributed by atoms with Crippen molar-refractivity contribution >= 4 is 11.6 Å². The van der Waals surface area contributed by atoms with E-state index in [4.69, 9.17) is 16.3 Å². The second-order valence-corrected chi connectivity index (χ2v) is 5.05. The average Bonchev–Trinajstić information content (AvgIpc) is 2.66. The Bertz CT molecular complexity index is 350. The molecule has 2 unspecified atom stereocenters. The summed E-state index contributed by atoms with van der Waals surface area (Å²) in [6.07, 6.45) is 2.40. The van der Waals surface area contributed by atoms with Crippen LogP contribution >= 0.6 is 11.6 Å². The van der Waals surface area contributed by atoms with Crippen molar-refractivity contribution in [3.63, 3.8) is 0 Å². The van der Waals surface area contributed by atoms with E-state index in [0.717, 1.165) is 12.2 Å². The number of rotatable bonds is 2. The summed E-state index contributed by atoms with van der Waals surface area (Å²) in [6, 6.07) is 0. The van der Waals surface area contributed by atoms with Gasteiger partial charge in [-0.05, 0) is 13.8 Å². The number of nitrogens with zero attached hydrogens (tertiary/aromatic N) is 3. The molecular weight excluding hydrogens is 214 g/mol. The standard InChI is InChI=1S/C10H16ClN3O/c1-10(2)9(11)7(5-15-10)4-8-12-6-13-14(8)3/h6-7,9H,4-5H2,1-3H3. The van der Waals surface area contributed by atoms with Crippen LogP contribution in [0.1, 0.15) is 19.7 Å². The van der Waals surface area contributed by atoms with Crippen LogP contribution < -0.4 is 0 Å². The van der Waals surface area contributed by atoms with Gasteiger partial charge in [-0.1, -0.05) is 0 Å². The Labute approximate surface area is 94.6 Å². The summed E-state index contributed by atoms with van der Waals surface area (Å²) >= 11 is 6.36. The Kier molecular flexibility index (Phi) is 2.73. The van der Waals surface area contributed by atoms with Gasteiger partial charge >= 0.3 is 0 Å². The van der Waals surface area contributed by atoms with Gasteiger partial charge < -0.3 is 4.74 Å². The maximum absolute atomic E-state index is 6.36. The van der Waals surface area contributed by atoms with Crippen molar-refractivity contribution in [1.82, 2.24) is 14.8 Å². The molecule has 0 spiro atoms. The molecule has 15 heavy (non-hydrogen) atoms. The smallest absolute Gasteiger partial charge is 0.138 e.